The van der Waals surface area contributed by atoms with Gasteiger partial charge in [0, 0.05) is 22.3 Å². The number of carbonyl (C=O) groups excluding carboxylic acids is 4. The van der Waals surface area contributed by atoms with Crippen LogP contribution in [0.3, 0.4) is 0 Å². The zero-order valence-corrected chi connectivity index (χ0v) is 14.3. The number of Topliss-reactive ketones (excluding diaryl/α,β-unsaturated/α-hetero) is 4. The molecule has 4 heteroatoms. The molecule has 2 aromatic carbocycles. The van der Waals surface area contributed by atoms with E-state index in [1.165, 1.54) is 27.7 Å². The van der Waals surface area contributed by atoms with Gasteiger partial charge in [-0.05, 0) is 27.7 Å². The molecule has 0 atom stereocenters. The topological polar surface area (TPSA) is 68.3 Å². The van der Waals surface area contributed by atoms with Crippen molar-refractivity contribution in [3.63, 3.8) is 0 Å². The molecule has 0 amide bonds. The minimum absolute atomic E-state index is 0.0186. The van der Waals surface area contributed by atoms with Crippen molar-refractivity contribution in [3.05, 3.63) is 70.8 Å². The van der Waals surface area contributed by atoms with Crippen LogP contribution in [0.5, 0.6) is 0 Å². The maximum atomic E-state index is 10.8. The smallest absolute Gasteiger partial charge is 0.159 e. The third kappa shape index (κ3) is 5.72. The standard InChI is InChI=1S/2C10H10O2/c2*1-7(11)9-3-5-10(6-4-9)8(2)12/h2*3-6H,1-2H3. The van der Waals surface area contributed by atoms with Crippen LogP contribution in [0.25, 0.3) is 0 Å². The number of rotatable bonds is 4. The Morgan fingerprint density at radius 2 is 0.542 bits per heavy atom. The summed E-state index contributed by atoms with van der Waals surface area (Å²) in [6.45, 7) is 6.01. The average molecular weight is 324 g/mol. The maximum absolute atomic E-state index is 10.8. The van der Waals surface area contributed by atoms with E-state index in [1.54, 1.807) is 48.5 Å². The molecule has 124 valence electrons. The van der Waals surface area contributed by atoms with Crippen LogP contribution in [0.4, 0.5) is 0 Å². The molecule has 0 fully saturated rings. The quantitative estimate of drug-likeness (QED) is 0.791. The van der Waals surface area contributed by atoms with E-state index in [4.69, 9.17) is 0 Å². The summed E-state index contributed by atoms with van der Waals surface area (Å²) in [4.78, 5) is 43.4. The maximum Gasteiger partial charge on any atom is 0.159 e. The molecule has 2 rings (SSSR count). The van der Waals surface area contributed by atoms with Gasteiger partial charge >= 0.3 is 0 Å². The first-order chi connectivity index (χ1) is 11.2. The molecule has 0 heterocycles. The summed E-state index contributed by atoms with van der Waals surface area (Å²) in [6, 6.07) is 13.3. The Kier molecular flexibility index (Phi) is 6.93. The lowest BCUT2D eigenvalue weighted by Crippen LogP contribution is -1.95. The van der Waals surface area contributed by atoms with E-state index in [2.05, 4.69) is 0 Å². The summed E-state index contributed by atoms with van der Waals surface area (Å²) in [7, 11) is 0. The van der Waals surface area contributed by atoms with E-state index < -0.39 is 0 Å². The SMILES string of the molecule is CC(=O)c1ccc(C(C)=O)cc1.CC(=O)c1ccc(C(C)=O)cc1. The highest BCUT2D eigenvalue weighted by Crippen LogP contribution is 2.06. The summed E-state index contributed by atoms with van der Waals surface area (Å²) < 4.78 is 0. The summed E-state index contributed by atoms with van der Waals surface area (Å²) in [5, 5.41) is 0. The zero-order valence-electron chi connectivity index (χ0n) is 14.3. The van der Waals surface area contributed by atoms with Crippen molar-refractivity contribution in [2.45, 2.75) is 27.7 Å². The number of ketones is 4. The van der Waals surface area contributed by atoms with Crippen molar-refractivity contribution in [2.24, 2.45) is 0 Å². The van der Waals surface area contributed by atoms with Gasteiger partial charge in [0.25, 0.3) is 0 Å². The van der Waals surface area contributed by atoms with Gasteiger partial charge in [0.05, 0.1) is 0 Å². The van der Waals surface area contributed by atoms with Gasteiger partial charge < -0.3 is 0 Å². The summed E-state index contributed by atoms with van der Waals surface area (Å²) in [6.07, 6.45) is 0. The highest BCUT2D eigenvalue weighted by molar-refractivity contribution is 5.98. The van der Waals surface area contributed by atoms with E-state index in [1.807, 2.05) is 0 Å². The van der Waals surface area contributed by atoms with Gasteiger partial charge in [0.15, 0.2) is 23.1 Å². The molecule has 0 aliphatic carbocycles. The molecule has 2 aromatic rings. The van der Waals surface area contributed by atoms with E-state index in [9.17, 15) is 19.2 Å². The van der Waals surface area contributed by atoms with Crippen LogP contribution in [0, 0.1) is 0 Å². The Balaban J connectivity index is 0.000000240. The van der Waals surface area contributed by atoms with Crippen LogP contribution in [0.15, 0.2) is 48.5 Å². The first-order valence-electron chi connectivity index (χ1n) is 7.46. The third-order valence-corrected chi connectivity index (χ3v) is 3.40. The predicted molar refractivity (Wildman–Crippen MR) is 92.9 cm³/mol. The Bertz CT molecular complexity index is 620. The van der Waals surface area contributed by atoms with Gasteiger partial charge in [-0.3, -0.25) is 19.2 Å². The van der Waals surface area contributed by atoms with Crippen molar-refractivity contribution >= 4 is 23.1 Å². The highest BCUT2D eigenvalue weighted by Gasteiger charge is 2.01. The molecule has 0 saturated carbocycles. The fourth-order valence-electron chi connectivity index (χ4n) is 1.88. The van der Waals surface area contributed by atoms with E-state index in [0.29, 0.717) is 22.3 Å². The molecular weight excluding hydrogens is 304 g/mol. The van der Waals surface area contributed by atoms with Crippen LogP contribution >= 0.6 is 0 Å². The summed E-state index contributed by atoms with van der Waals surface area (Å²) >= 11 is 0. The second-order valence-electron chi connectivity index (χ2n) is 5.38. The Labute approximate surface area is 141 Å². The summed E-state index contributed by atoms with van der Waals surface area (Å²) in [5.74, 6) is 0.0745. The van der Waals surface area contributed by atoms with Crippen LogP contribution < -0.4 is 0 Å². The van der Waals surface area contributed by atoms with Crippen LogP contribution in [0.1, 0.15) is 69.1 Å². The normalized spacial score (nSPS) is 9.50. The molecule has 24 heavy (non-hydrogen) atoms. The lowest BCUT2D eigenvalue weighted by atomic mass is 10.1. The molecule has 0 radical (unpaired) electrons. The molecule has 0 N–H and O–H groups in total. The lowest BCUT2D eigenvalue weighted by molar-refractivity contribution is 0.100. The molecule has 0 bridgehead atoms. The zero-order chi connectivity index (χ0) is 18.3. The molecule has 4 nitrogen and oxygen atoms in total. The third-order valence-electron chi connectivity index (χ3n) is 3.40. The second-order valence-corrected chi connectivity index (χ2v) is 5.38. The van der Waals surface area contributed by atoms with E-state index in [0.717, 1.165) is 0 Å². The van der Waals surface area contributed by atoms with Crippen molar-refractivity contribution in [2.75, 3.05) is 0 Å². The first-order valence-corrected chi connectivity index (χ1v) is 7.46. The number of hydrogen-bond donors (Lipinski definition) is 0. The van der Waals surface area contributed by atoms with Gasteiger partial charge in [-0.25, -0.2) is 0 Å². The predicted octanol–water partition coefficient (Wildman–Crippen LogP) is 4.18. The average Bonchev–Trinajstić information content (AvgIpc) is 2.55. The lowest BCUT2D eigenvalue weighted by Gasteiger charge is -1.96. The molecule has 0 aliphatic heterocycles. The Morgan fingerprint density at radius 3 is 0.625 bits per heavy atom. The van der Waals surface area contributed by atoms with Crippen molar-refractivity contribution < 1.29 is 19.2 Å². The first kappa shape index (κ1) is 19.2. The van der Waals surface area contributed by atoms with Crippen molar-refractivity contribution in [3.8, 4) is 0 Å². The van der Waals surface area contributed by atoms with Crippen molar-refractivity contribution in [1.29, 1.82) is 0 Å². The van der Waals surface area contributed by atoms with Gasteiger partial charge in [-0.1, -0.05) is 48.5 Å². The molecule has 0 saturated heterocycles. The van der Waals surface area contributed by atoms with E-state index in [-0.39, 0.29) is 23.1 Å². The number of carbonyl (C=O) groups is 4. The Morgan fingerprint density at radius 1 is 0.417 bits per heavy atom. The molecule has 0 spiro atoms. The highest BCUT2D eigenvalue weighted by atomic mass is 16.1. The number of hydrogen-bond acceptors (Lipinski definition) is 4. The largest absolute Gasteiger partial charge is 0.295 e. The second kappa shape index (κ2) is 8.67. The molecule has 0 unspecified atom stereocenters. The van der Waals surface area contributed by atoms with E-state index >= 15 is 0 Å². The van der Waals surface area contributed by atoms with Gasteiger partial charge in [-0.2, -0.15) is 0 Å². The molecular formula is C20H20O4. The van der Waals surface area contributed by atoms with Crippen molar-refractivity contribution in [1.82, 2.24) is 0 Å². The van der Waals surface area contributed by atoms with Crippen LogP contribution in [0.2, 0.25) is 0 Å². The van der Waals surface area contributed by atoms with Crippen LogP contribution in [-0.4, -0.2) is 23.1 Å². The van der Waals surface area contributed by atoms with Crippen LogP contribution in [-0.2, 0) is 0 Å². The minimum Gasteiger partial charge on any atom is -0.295 e. The van der Waals surface area contributed by atoms with Gasteiger partial charge in [0.2, 0.25) is 0 Å². The van der Waals surface area contributed by atoms with Gasteiger partial charge in [0.1, 0.15) is 0 Å². The molecule has 0 aromatic heterocycles. The fraction of sp³-hybridized carbons (Fsp3) is 0.200. The minimum atomic E-state index is 0.0186. The van der Waals surface area contributed by atoms with Gasteiger partial charge in [-0.15, -0.1) is 0 Å². The monoisotopic (exact) mass is 324 g/mol. The molecule has 0 aliphatic rings. The fourth-order valence-corrected chi connectivity index (χ4v) is 1.88. The Hall–Kier alpha value is -2.88. The number of benzene rings is 2. The summed E-state index contributed by atoms with van der Waals surface area (Å²) in [5.41, 5.74) is 2.56.